The molecule has 0 spiro atoms. The summed E-state index contributed by atoms with van der Waals surface area (Å²) in [6, 6.07) is 6.68. The highest BCUT2D eigenvalue weighted by Gasteiger charge is 2.16. The molecular formula is C13H12N4O2S2. The molecule has 3 heterocycles. The number of hydrogen-bond donors (Lipinski definition) is 1. The minimum absolute atomic E-state index is 0.119. The molecule has 21 heavy (non-hydrogen) atoms. The van der Waals surface area contributed by atoms with Crippen molar-refractivity contribution >= 4 is 27.2 Å². The Hall–Kier alpha value is -2.19. The second kappa shape index (κ2) is 5.66. The molecule has 0 aliphatic rings. The van der Waals surface area contributed by atoms with Gasteiger partial charge in [-0.3, -0.25) is 9.71 Å². The number of hydrogen-bond acceptors (Lipinski definition) is 5. The lowest BCUT2D eigenvalue weighted by atomic mass is 10.3. The highest BCUT2D eigenvalue weighted by atomic mass is 32.2. The van der Waals surface area contributed by atoms with Gasteiger partial charge in [-0.25, -0.2) is 13.1 Å². The van der Waals surface area contributed by atoms with Gasteiger partial charge in [0.2, 0.25) is 0 Å². The number of anilines is 1. The maximum atomic E-state index is 12.3. The van der Waals surface area contributed by atoms with Crippen molar-refractivity contribution in [3.8, 4) is 0 Å². The van der Waals surface area contributed by atoms with Crippen LogP contribution in [0, 0.1) is 0 Å². The van der Waals surface area contributed by atoms with E-state index in [2.05, 4.69) is 14.8 Å². The van der Waals surface area contributed by atoms with E-state index in [4.69, 9.17) is 0 Å². The van der Waals surface area contributed by atoms with Crippen LogP contribution in [-0.4, -0.2) is 23.2 Å². The van der Waals surface area contributed by atoms with Gasteiger partial charge in [0.15, 0.2) is 0 Å². The van der Waals surface area contributed by atoms with Crippen LogP contribution in [0.25, 0.3) is 0 Å². The van der Waals surface area contributed by atoms with E-state index in [0.29, 0.717) is 12.4 Å². The van der Waals surface area contributed by atoms with E-state index in [1.54, 1.807) is 34.3 Å². The maximum absolute atomic E-state index is 12.3. The van der Waals surface area contributed by atoms with Crippen LogP contribution in [0.2, 0.25) is 0 Å². The largest absolute Gasteiger partial charge is 0.264 e. The van der Waals surface area contributed by atoms with Gasteiger partial charge in [-0.2, -0.15) is 16.4 Å². The monoisotopic (exact) mass is 320 g/mol. The molecule has 108 valence electrons. The van der Waals surface area contributed by atoms with Crippen molar-refractivity contribution in [3.05, 3.63) is 59.2 Å². The molecule has 0 aromatic carbocycles. The Kier molecular flexibility index (Phi) is 3.72. The maximum Gasteiger partial charge on any atom is 0.264 e. The van der Waals surface area contributed by atoms with Gasteiger partial charge in [-0.15, -0.1) is 0 Å². The zero-order chi connectivity index (χ0) is 14.7. The highest BCUT2D eigenvalue weighted by Crippen LogP contribution is 2.16. The van der Waals surface area contributed by atoms with E-state index in [9.17, 15) is 8.42 Å². The third kappa shape index (κ3) is 3.11. The lowest BCUT2D eigenvalue weighted by Gasteiger charge is -2.09. The zero-order valence-corrected chi connectivity index (χ0v) is 12.5. The van der Waals surface area contributed by atoms with Crippen molar-refractivity contribution in [2.45, 2.75) is 11.4 Å². The zero-order valence-electron chi connectivity index (χ0n) is 10.9. The van der Waals surface area contributed by atoms with Crippen molar-refractivity contribution in [2.24, 2.45) is 0 Å². The molecule has 3 aromatic rings. The van der Waals surface area contributed by atoms with Gasteiger partial charge in [0.25, 0.3) is 10.0 Å². The van der Waals surface area contributed by atoms with Gasteiger partial charge in [-0.05, 0) is 34.5 Å². The van der Waals surface area contributed by atoms with Crippen LogP contribution >= 0.6 is 11.3 Å². The van der Waals surface area contributed by atoms with Crippen LogP contribution < -0.4 is 4.72 Å². The Morgan fingerprint density at radius 1 is 1.24 bits per heavy atom. The van der Waals surface area contributed by atoms with Crippen LogP contribution in [0.5, 0.6) is 0 Å². The third-order valence-electron chi connectivity index (χ3n) is 2.81. The van der Waals surface area contributed by atoms with Crippen molar-refractivity contribution in [1.82, 2.24) is 14.8 Å². The van der Waals surface area contributed by atoms with Crippen LogP contribution in [0.1, 0.15) is 5.56 Å². The first kappa shape index (κ1) is 13.8. The minimum atomic E-state index is -3.66. The lowest BCUT2D eigenvalue weighted by molar-refractivity contribution is 0.599. The number of aromatic nitrogens is 3. The molecule has 1 N–H and O–H groups in total. The molecule has 0 aliphatic carbocycles. The van der Waals surface area contributed by atoms with Gasteiger partial charge >= 0.3 is 0 Å². The summed E-state index contributed by atoms with van der Waals surface area (Å²) >= 11 is 1.59. The molecule has 3 aromatic heterocycles. The summed E-state index contributed by atoms with van der Waals surface area (Å²) in [6.45, 7) is 0.515. The molecule has 0 bridgehead atoms. The van der Waals surface area contributed by atoms with E-state index in [-0.39, 0.29) is 4.90 Å². The van der Waals surface area contributed by atoms with E-state index >= 15 is 0 Å². The number of pyridine rings is 1. The molecule has 8 heteroatoms. The van der Waals surface area contributed by atoms with Gasteiger partial charge in [0, 0.05) is 18.5 Å². The van der Waals surface area contributed by atoms with E-state index < -0.39 is 10.0 Å². The van der Waals surface area contributed by atoms with E-state index in [1.807, 2.05) is 16.8 Å². The normalized spacial score (nSPS) is 11.4. The van der Waals surface area contributed by atoms with E-state index in [1.165, 1.54) is 18.5 Å². The Morgan fingerprint density at radius 2 is 2.14 bits per heavy atom. The molecule has 0 atom stereocenters. The SMILES string of the molecule is O=S(=O)(Nc1ccnn1Cc1ccsc1)c1cccnc1. The third-order valence-corrected chi connectivity index (χ3v) is 4.88. The predicted octanol–water partition coefficient (Wildman–Crippen LogP) is 2.19. The Morgan fingerprint density at radius 3 is 2.86 bits per heavy atom. The van der Waals surface area contributed by atoms with Gasteiger partial charge < -0.3 is 0 Å². The first-order chi connectivity index (χ1) is 10.1. The summed E-state index contributed by atoms with van der Waals surface area (Å²) in [6.07, 6.45) is 4.40. The summed E-state index contributed by atoms with van der Waals surface area (Å²) in [7, 11) is -3.66. The molecule has 0 fully saturated rings. The Labute approximate surface area is 126 Å². The average Bonchev–Trinajstić information content (AvgIpc) is 3.13. The molecule has 0 unspecified atom stereocenters. The molecule has 3 rings (SSSR count). The predicted molar refractivity (Wildman–Crippen MR) is 80.7 cm³/mol. The molecule has 0 radical (unpaired) electrons. The number of sulfonamides is 1. The van der Waals surface area contributed by atoms with Crippen LogP contribution in [0.15, 0.2) is 58.5 Å². The van der Waals surface area contributed by atoms with Crippen LogP contribution in [-0.2, 0) is 16.6 Å². The van der Waals surface area contributed by atoms with Crippen LogP contribution in [0.4, 0.5) is 5.82 Å². The first-order valence-corrected chi connectivity index (χ1v) is 8.53. The highest BCUT2D eigenvalue weighted by molar-refractivity contribution is 7.92. The number of rotatable bonds is 5. The fraction of sp³-hybridized carbons (Fsp3) is 0.0769. The molecule has 0 aliphatic heterocycles. The first-order valence-electron chi connectivity index (χ1n) is 6.11. The van der Waals surface area contributed by atoms with Gasteiger partial charge in [0.1, 0.15) is 10.7 Å². The van der Waals surface area contributed by atoms with Crippen molar-refractivity contribution in [3.63, 3.8) is 0 Å². The Balaban J connectivity index is 1.84. The summed E-state index contributed by atoms with van der Waals surface area (Å²) in [5.41, 5.74) is 1.07. The average molecular weight is 320 g/mol. The molecule has 6 nitrogen and oxygen atoms in total. The minimum Gasteiger partial charge on any atom is -0.264 e. The second-order valence-electron chi connectivity index (χ2n) is 4.30. The molecule has 0 saturated carbocycles. The topological polar surface area (TPSA) is 76.9 Å². The van der Waals surface area contributed by atoms with Gasteiger partial charge in [-0.1, -0.05) is 0 Å². The fourth-order valence-electron chi connectivity index (χ4n) is 1.80. The van der Waals surface area contributed by atoms with Gasteiger partial charge in [0.05, 0.1) is 12.7 Å². The Bertz CT molecular complexity index is 811. The van der Waals surface area contributed by atoms with Crippen molar-refractivity contribution in [1.29, 1.82) is 0 Å². The summed E-state index contributed by atoms with van der Waals surface area (Å²) in [5, 5.41) is 8.12. The number of thiophene rings is 1. The standard InChI is InChI=1S/C13H12N4O2S2/c18-21(19,12-2-1-5-14-8-12)16-13-3-6-15-17(13)9-11-4-7-20-10-11/h1-8,10,16H,9H2. The fourth-order valence-corrected chi connectivity index (χ4v) is 3.49. The van der Waals surface area contributed by atoms with Crippen LogP contribution in [0.3, 0.4) is 0 Å². The van der Waals surface area contributed by atoms with Crippen molar-refractivity contribution in [2.75, 3.05) is 4.72 Å². The summed E-state index contributed by atoms with van der Waals surface area (Å²) in [4.78, 5) is 3.94. The summed E-state index contributed by atoms with van der Waals surface area (Å²) in [5.74, 6) is 0.421. The molecule has 0 saturated heterocycles. The summed E-state index contributed by atoms with van der Waals surface area (Å²) < 4.78 is 28.7. The lowest BCUT2D eigenvalue weighted by Crippen LogP contribution is -2.16. The second-order valence-corrected chi connectivity index (χ2v) is 6.76. The number of nitrogens with zero attached hydrogens (tertiary/aromatic N) is 3. The quantitative estimate of drug-likeness (QED) is 0.782. The van der Waals surface area contributed by atoms with E-state index in [0.717, 1.165) is 5.56 Å². The molecular weight excluding hydrogens is 308 g/mol. The smallest absolute Gasteiger partial charge is 0.264 e. The van der Waals surface area contributed by atoms with Crippen molar-refractivity contribution < 1.29 is 8.42 Å². The molecule has 0 amide bonds. The number of nitrogens with one attached hydrogen (secondary N) is 1.